The fourth-order valence-corrected chi connectivity index (χ4v) is 2.47. The number of carbonyl (C=O) groups excluding carboxylic acids is 1. The molecule has 0 fully saturated rings. The van der Waals surface area contributed by atoms with Gasteiger partial charge in [0.25, 0.3) is 5.91 Å². The predicted molar refractivity (Wildman–Crippen MR) is 126 cm³/mol. The number of amides is 1. The molecule has 0 bridgehead atoms. The number of rotatable bonds is 10. The van der Waals surface area contributed by atoms with Crippen molar-refractivity contribution in [3.63, 3.8) is 0 Å². The quantitative estimate of drug-likeness (QED) is 0.220. The Kier molecular flexibility index (Phi) is 12.1. The van der Waals surface area contributed by atoms with Crippen molar-refractivity contribution in [2.45, 2.75) is 26.5 Å². The van der Waals surface area contributed by atoms with E-state index in [9.17, 15) is 4.79 Å². The Balaban J connectivity index is 0.00000420. The maximum absolute atomic E-state index is 11.9. The van der Waals surface area contributed by atoms with Crippen molar-refractivity contribution in [3.8, 4) is 0 Å². The van der Waals surface area contributed by atoms with E-state index < -0.39 is 0 Å². The van der Waals surface area contributed by atoms with E-state index in [-0.39, 0.29) is 29.9 Å². The molecule has 1 heterocycles. The molecule has 0 aliphatic carbocycles. The second-order valence-corrected chi connectivity index (χ2v) is 6.50. The molecule has 1 amide bonds. The fraction of sp³-hybridized carbons (Fsp3) is 0.429. The van der Waals surface area contributed by atoms with Crippen LogP contribution in [0.1, 0.15) is 35.0 Å². The summed E-state index contributed by atoms with van der Waals surface area (Å²) in [6.45, 7) is 5.27. The van der Waals surface area contributed by atoms with E-state index in [0.29, 0.717) is 25.3 Å². The largest absolute Gasteiger partial charge is 0.467 e. The van der Waals surface area contributed by atoms with Crippen LogP contribution >= 0.6 is 24.0 Å². The van der Waals surface area contributed by atoms with Crippen LogP contribution in [0.25, 0.3) is 0 Å². The molecule has 160 valence electrons. The number of guanidine groups is 1. The zero-order valence-corrected chi connectivity index (χ0v) is 19.6. The fourth-order valence-electron chi connectivity index (χ4n) is 2.47. The van der Waals surface area contributed by atoms with Gasteiger partial charge in [0.1, 0.15) is 12.4 Å². The van der Waals surface area contributed by atoms with E-state index in [1.165, 1.54) is 0 Å². The molecule has 2 N–H and O–H groups in total. The smallest absolute Gasteiger partial charge is 0.253 e. The van der Waals surface area contributed by atoms with Crippen molar-refractivity contribution in [3.05, 3.63) is 59.5 Å². The number of nitrogens with zero attached hydrogens (tertiary/aromatic N) is 2. The average Bonchev–Trinajstić information content (AvgIpc) is 3.22. The summed E-state index contributed by atoms with van der Waals surface area (Å²) < 4.78 is 10.8. The van der Waals surface area contributed by atoms with Gasteiger partial charge < -0.3 is 24.7 Å². The highest BCUT2D eigenvalue weighted by molar-refractivity contribution is 14.0. The lowest BCUT2D eigenvalue weighted by molar-refractivity contribution is 0.0827. The van der Waals surface area contributed by atoms with Gasteiger partial charge in [0.05, 0.1) is 12.8 Å². The summed E-state index contributed by atoms with van der Waals surface area (Å²) in [4.78, 5) is 18.1. The molecular weight excluding hydrogens is 483 g/mol. The number of halogens is 1. The minimum absolute atomic E-state index is 0. The van der Waals surface area contributed by atoms with Crippen LogP contribution in [0.2, 0.25) is 0 Å². The SMILES string of the molecule is CCNC(=NCc1ccc(C(=O)N(C)C)cc1)NCCCOCc1ccco1.I. The summed E-state index contributed by atoms with van der Waals surface area (Å²) in [6.07, 6.45) is 2.51. The number of furan rings is 1. The van der Waals surface area contributed by atoms with Crippen molar-refractivity contribution in [2.24, 2.45) is 4.99 Å². The summed E-state index contributed by atoms with van der Waals surface area (Å²) in [5.74, 6) is 1.60. The third kappa shape index (κ3) is 9.31. The molecule has 0 unspecified atom stereocenters. The molecule has 0 saturated carbocycles. The molecule has 0 saturated heterocycles. The van der Waals surface area contributed by atoms with Crippen LogP contribution in [-0.4, -0.2) is 50.6 Å². The van der Waals surface area contributed by atoms with Crippen molar-refractivity contribution in [2.75, 3.05) is 33.8 Å². The van der Waals surface area contributed by atoms with Gasteiger partial charge in [-0.1, -0.05) is 12.1 Å². The molecule has 0 atom stereocenters. The van der Waals surface area contributed by atoms with Gasteiger partial charge in [0, 0.05) is 39.4 Å². The van der Waals surface area contributed by atoms with Gasteiger partial charge in [0.15, 0.2) is 5.96 Å². The number of ether oxygens (including phenoxy) is 1. The van der Waals surface area contributed by atoms with Gasteiger partial charge in [-0.25, -0.2) is 4.99 Å². The van der Waals surface area contributed by atoms with Gasteiger partial charge >= 0.3 is 0 Å². The number of nitrogens with one attached hydrogen (secondary N) is 2. The molecule has 8 heteroatoms. The van der Waals surface area contributed by atoms with Crippen LogP contribution in [0.4, 0.5) is 0 Å². The van der Waals surface area contributed by atoms with E-state index >= 15 is 0 Å². The van der Waals surface area contributed by atoms with Gasteiger partial charge in [-0.3, -0.25) is 4.79 Å². The first-order valence-corrected chi connectivity index (χ1v) is 9.53. The molecule has 7 nitrogen and oxygen atoms in total. The van der Waals surface area contributed by atoms with E-state index in [1.54, 1.807) is 25.3 Å². The summed E-state index contributed by atoms with van der Waals surface area (Å²) in [5, 5.41) is 6.54. The molecule has 0 aliphatic heterocycles. The summed E-state index contributed by atoms with van der Waals surface area (Å²) in [5.41, 5.74) is 1.73. The number of hydrogen-bond donors (Lipinski definition) is 2. The van der Waals surface area contributed by atoms with Crippen molar-refractivity contribution in [1.82, 2.24) is 15.5 Å². The van der Waals surface area contributed by atoms with Gasteiger partial charge in [-0.05, 0) is 43.2 Å². The molecule has 29 heavy (non-hydrogen) atoms. The highest BCUT2D eigenvalue weighted by Gasteiger charge is 2.07. The lowest BCUT2D eigenvalue weighted by Crippen LogP contribution is -2.38. The monoisotopic (exact) mass is 514 g/mol. The molecule has 1 aromatic carbocycles. The second kappa shape index (κ2) is 14.0. The molecule has 0 aliphatic rings. The minimum atomic E-state index is -0.000627. The van der Waals surface area contributed by atoms with Crippen LogP contribution in [-0.2, 0) is 17.9 Å². The maximum atomic E-state index is 11.9. The van der Waals surface area contributed by atoms with Crippen LogP contribution < -0.4 is 10.6 Å². The summed E-state index contributed by atoms with van der Waals surface area (Å²) in [6, 6.07) is 11.3. The van der Waals surface area contributed by atoms with E-state index in [1.807, 2.05) is 43.3 Å². The number of carbonyl (C=O) groups is 1. The van der Waals surface area contributed by atoms with Crippen molar-refractivity contribution < 1.29 is 13.9 Å². The summed E-state index contributed by atoms with van der Waals surface area (Å²) >= 11 is 0. The lowest BCUT2D eigenvalue weighted by atomic mass is 10.1. The number of benzene rings is 1. The van der Waals surface area contributed by atoms with Crippen molar-refractivity contribution in [1.29, 1.82) is 0 Å². The highest BCUT2D eigenvalue weighted by Crippen LogP contribution is 2.07. The Labute approximate surface area is 189 Å². The highest BCUT2D eigenvalue weighted by atomic mass is 127. The maximum Gasteiger partial charge on any atom is 0.253 e. The lowest BCUT2D eigenvalue weighted by Gasteiger charge is -2.12. The first kappa shape index (κ1) is 25.0. The molecule has 2 rings (SSSR count). The molecule has 2 aromatic rings. The van der Waals surface area contributed by atoms with Gasteiger partial charge in [-0.15, -0.1) is 24.0 Å². The number of hydrogen-bond acceptors (Lipinski definition) is 4. The minimum Gasteiger partial charge on any atom is -0.467 e. The van der Waals surface area contributed by atoms with Gasteiger partial charge in [-0.2, -0.15) is 0 Å². The topological polar surface area (TPSA) is 79.1 Å². The number of aliphatic imine (C=N–C) groups is 1. The third-order valence-corrected chi connectivity index (χ3v) is 3.95. The Hall–Kier alpha value is -2.07. The van der Waals surface area contributed by atoms with Crippen LogP contribution in [0, 0.1) is 0 Å². The Morgan fingerprint density at radius 3 is 2.55 bits per heavy atom. The summed E-state index contributed by atoms with van der Waals surface area (Å²) in [7, 11) is 3.49. The Morgan fingerprint density at radius 2 is 1.93 bits per heavy atom. The normalized spacial score (nSPS) is 10.9. The van der Waals surface area contributed by atoms with Crippen molar-refractivity contribution >= 4 is 35.8 Å². The molecule has 0 spiro atoms. The zero-order chi connectivity index (χ0) is 20.2. The second-order valence-electron chi connectivity index (χ2n) is 6.50. The first-order chi connectivity index (χ1) is 13.6. The molecule has 1 aromatic heterocycles. The van der Waals surface area contributed by atoms with E-state index in [0.717, 1.165) is 36.8 Å². The van der Waals surface area contributed by atoms with E-state index in [2.05, 4.69) is 15.6 Å². The zero-order valence-electron chi connectivity index (χ0n) is 17.3. The predicted octanol–water partition coefficient (Wildman–Crippen LogP) is 3.26. The van der Waals surface area contributed by atoms with Crippen LogP contribution in [0.5, 0.6) is 0 Å². The molecule has 0 radical (unpaired) electrons. The van der Waals surface area contributed by atoms with E-state index in [4.69, 9.17) is 9.15 Å². The van der Waals surface area contributed by atoms with Gasteiger partial charge in [0.2, 0.25) is 0 Å². The van der Waals surface area contributed by atoms with Crippen LogP contribution in [0.3, 0.4) is 0 Å². The average molecular weight is 514 g/mol. The standard InChI is InChI=1S/C21H30N4O3.HI/c1-4-22-21(23-12-6-13-27-16-19-7-5-14-28-19)24-15-17-8-10-18(11-9-17)20(26)25(2)3;/h5,7-11,14H,4,6,12-13,15-16H2,1-3H3,(H2,22,23,24);1H. The van der Waals surface area contributed by atoms with Crippen LogP contribution in [0.15, 0.2) is 52.1 Å². The first-order valence-electron chi connectivity index (χ1n) is 9.53. The Morgan fingerprint density at radius 1 is 1.17 bits per heavy atom. The Bertz CT molecular complexity index is 731. The third-order valence-electron chi connectivity index (χ3n) is 3.95. The molecular formula is C21H31IN4O3.